The molecule has 0 bridgehead atoms. The van der Waals surface area contributed by atoms with Gasteiger partial charge < -0.3 is 18.9 Å². The maximum atomic E-state index is 11.0. The number of para-hydroxylation sites is 1. The van der Waals surface area contributed by atoms with Crippen molar-refractivity contribution in [2.45, 2.75) is 6.92 Å². The van der Waals surface area contributed by atoms with E-state index in [0.717, 1.165) is 6.29 Å². The SMILES string of the molecule is CCOc1cccc(C=O)c1OCCOCCOC. The topological polar surface area (TPSA) is 54.0 Å². The Morgan fingerprint density at radius 3 is 2.58 bits per heavy atom. The third-order valence-electron chi connectivity index (χ3n) is 2.34. The first-order chi connectivity index (χ1) is 9.33. The van der Waals surface area contributed by atoms with E-state index in [-0.39, 0.29) is 0 Å². The number of hydrogen-bond acceptors (Lipinski definition) is 5. The molecule has 0 saturated carbocycles. The monoisotopic (exact) mass is 268 g/mol. The summed E-state index contributed by atoms with van der Waals surface area (Å²) in [6.45, 7) is 4.26. The molecule has 106 valence electrons. The standard InChI is InChI=1S/C14H20O5/c1-3-18-13-6-4-5-12(11-15)14(13)19-10-9-17-8-7-16-2/h4-6,11H,3,7-10H2,1-2H3. The Labute approximate surface area is 113 Å². The van der Waals surface area contributed by atoms with Gasteiger partial charge in [0.2, 0.25) is 0 Å². The van der Waals surface area contributed by atoms with Gasteiger partial charge in [-0.2, -0.15) is 0 Å². The summed E-state index contributed by atoms with van der Waals surface area (Å²) in [5, 5.41) is 0. The zero-order valence-electron chi connectivity index (χ0n) is 11.4. The van der Waals surface area contributed by atoms with E-state index in [1.54, 1.807) is 25.3 Å². The van der Waals surface area contributed by atoms with Crippen molar-refractivity contribution < 1.29 is 23.7 Å². The summed E-state index contributed by atoms with van der Waals surface area (Å²) in [6, 6.07) is 5.23. The number of methoxy groups -OCH3 is 1. The molecular formula is C14H20O5. The average molecular weight is 268 g/mol. The minimum absolute atomic E-state index is 0.356. The largest absolute Gasteiger partial charge is 0.490 e. The van der Waals surface area contributed by atoms with E-state index >= 15 is 0 Å². The molecule has 0 N–H and O–H groups in total. The Morgan fingerprint density at radius 2 is 1.89 bits per heavy atom. The van der Waals surface area contributed by atoms with Crippen molar-refractivity contribution in [1.29, 1.82) is 0 Å². The summed E-state index contributed by atoms with van der Waals surface area (Å²) in [6.07, 6.45) is 0.754. The highest BCUT2D eigenvalue weighted by Gasteiger charge is 2.10. The van der Waals surface area contributed by atoms with Gasteiger partial charge in [0.25, 0.3) is 0 Å². The van der Waals surface area contributed by atoms with Crippen LogP contribution in [0.4, 0.5) is 0 Å². The molecule has 1 aromatic rings. The van der Waals surface area contributed by atoms with Gasteiger partial charge in [0.15, 0.2) is 17.8 Å². The van der Waals surface area contributed by atoms with Gasteiger partial charge >= 0.3 is 0 Å². The van der Waals surface area contributed by atoms with Gasteiger partial charge in [0.05, 0.1) is 32.0 Å². The minimum atomic E-state index is 0.356. The van der Waals surface area contributed by atoms with Crippen LogP contribution in [0.25, 0.3) is 0 Å². The predicted molar refractivity (Wildman–Crippen MR) is 71.2 cm³/mol. The number of carbonyl (C=O) groups is 1. The molecule has 1 rings (SSSR count). The van der Waals surface area contributed by atoms with Crippen molar-refractivity contribution in [3.63, 3.8) is 0 Å². The fourth-order valence-electron chi connectivity index (χ4n) is 1.50. The zero-order valence-corrected chi connectivity index (χ0v) is 11.4. The molecule has 0 fully saturated rings. The van der Waals surface area contributed by atoms with Crippen LogP contribution >= 0.6 is 0 Å². The lowest BCUT2D eigenvalue weighted by atomic mass is 10.2. The first-order valence-corrected chi connectivity index (χ1v) is 6.24. The van der Waals surface area contributed by atoms with Gasteiger partial charge in [-0.15, -0.1) is 0 Å². The molecule has 0 amide bonds. The molecule has 0 aliphatic rings. The van der Waals surface area contributed by atoms with Gasteiger partial charge in [-0.05, 0) is 19.1 Å². The van der Waals surface area contributed by atoms with Crippen LogP contribution in [-0.4, -0.2) is 46.4 Å². The summed E-state index contributed by atoms with van der Waals surface area (Å²) in [7, 11) is 1.62. The third kappa shape index (κ3) is 5.28. The molecule has 0 aromatic heterocycles. The van der Waals surface area contributed by atoms with Crippen LogP contribution in [0.15, 0.2) is 18.2 Å². The van der Waals surface area contributed by atoms with E-state index in [1.165, 1.54) is 0 Å². The van der Waals surface area contributed by atoms with Gasteiger partial charge in [0.1, 0.15) is 6.61 Å². The van der Waals surface area contributed by atoms with E-state index in [1.807, 2.05) is 6.92 Å². The average Bonchev–Trinajstić information content (AvgIpc) is 2.44. The molecule has 1 aromatic carbocycles. The lowest BCUT2D eigenvalue weighted by Gasteiger charge is -2.13. The predicted octanol–water partition coefficient (Wildman–Crippen LogP) is 1.94. The molecule has 0 spiro atoms. The van der Waals surface area contributed by atoms with Crippen LogP contribution in [-0.2, 0) is 9.47 Å². The first kappa shape index (κ1) is 15.5. The lowest BCUT2D eigenvalue weighted by molar-refractivity contribution is 0.0537. The highest BCUT2D eigenvalue weighted by Crippen LogP contribution is 2.30. The Bertz CT molecular complexity index is 378. The fraction of sp³-hybridized carbons (Fsp3) is 0.500. The highest BCUT2D eigenvalue weighted by molar-refractivity contribution is 5.81. The van der Waals surface area contributed by atoms with E-state index in [4.69, 9.17) is 18.9 Å². The summed E-state index contributed by atoms with van der Waals surface area (Å²) in [5.74, 6) is 1.04. The van der Waals surface area contributed by atoms with Crippen LogP contribution < -0.4 is 9.47 Å². The molecule has 0 saturated heterocycles. The summed E-state index contributed by atoms with van der Waals surface area (Å²) in [4.78, 5) is 11.0. The minimum Gasteiger partial charge on any atom is -0.490 e. The van der Waals surface area contributed by atoms with Gasteiger partial charge in [-0.25, -0.2) is 0 Å². The van der Waals surface area contributed by atoms with Crippen molar-refractivity contribution >= 4 is 6.29 Å². The van der Waals surface area contributed by atoms with Gasteiger partial charge in [0, 0.05) is 7.11 Å². The maximum Gasteiger partial charge on any atom is 0.171 e. The molecule has 0 aliphatic heterocycles. The second kappa shape index (κ2) is 9.35. The highest BCUT2D eigenvalue weighted by atomic mass is 16.5. The van der Waals surface area contributed by atoms with Crippen molar-refractivity contribution in [3.05, 3.63) is 23.8 Å². The Kier molecular flexibility index (Phi) is 7.62. The molecule has 0 radical (unpaired) electrons. The van der Waals surface area contributed by atoms with E-state index in [0.29, 0.717) is 50.1 Å². The van der Waals surface area contributed by atoms with Crippen molar-refractivity contribution in [2.24, 2.45) is 0 Å². The smallest absolute Gasteiger partial charge is 0.171 e. The van der Waals surface area contributed by atoms with Crippen molar-refractivity contribution in [2.75, 3.05) is 40.1 Å². The number of aldehydes is 1. The molecule has 5 nitrogen and oxygen atoms in total. The van der Waals surface area contributed by atoms with Crippen LogP contribution in [0.3, 0.4) is 0 Å². The molecule has 0 heterocycles. The fourth-order valence-corrected chi connectivity index (χ4v) is 1.50. The third-order valence-corrected chi connectivity index (χ3v) is 2.34. The van der Waals surface area contributed by atoms with Crippen LogP contribution in [0.5, 0.6) is 11.5 Å². The number of carbonyl (C=O) groups excluding carboxylic acids is 1. The Morgan fingerprint density at radius 1 is 1.11 bits per heavy atom. The van der Waals surface area contributed by atoms with E-state index in [2.05, 4.69) is 0 Å². The van der Waals surface area contributed by atoms with Crippen LogP contribution in [0, 0.1) is 0 Å². The normalized spacial score (nSPS) is 10.2. The number of ether oxygens (including phenoxy) is 4. The van der Waals surface area contributed by atoms with Crippen molar-refractivity contribution in [1.82, 2.24) is 0 Å². The molecule has 0 aliphatic carbocycles. The van der Waals surface area contributed by atoms with Gasteiger partial charge in [-0.3, -0.25) is 4.79 Å². The Hall–Kier alpha value is -1.59. The molecule has 19 heavy (non-hydrogen) atoms. The summed E-state index contributed by atoms with van der Waals surface area (Å²) >= 11 is 0. The summed E-state index contributed by atoms with van der Waals surface area (Å²) in [5.41, 5.74) is 0.475. The number of benzene rings is 1. The first-order valence-electron chi connectivity index (χ1n) is 6.24. The molecule has 0 atom stereocenters. The number of rotatable bonds is 10. The quantitative estimate of drug-likeness (QED) is 0.479. The van der Waals surface area contributed by atoms with Gasteiger partial charge in [-0.1, -0.05) is 6.07 Å². The maximum absolute atomic E-state index is 11.0. The second-order valence-corrected chi connectivity index (χ2v) is 3.68. The van der Waals surface area contributed by atoms with E-state index < -0.39 is 0 Å². The van der Waals surface area contributed by atoms with Crippen LogP contribution in [0.1, 0.15) is 17.3 Å². The summed E-state index contributed by atoms with van der Waals surface area (Å²) < 4.78 is 21.2. The number of hydrogen-bond donors (Lipinski definition) is 0. The van der Waals surface area contributed by atoms with E-state index in [9.17, 15) is 4.79 Å². The molecular weight excluding hydrogens is 248 g/mol. The molecule has 0 unspecified atom stereocenters. The van der Waals surface area contributed by atoms with Crippen molar-refractivity contribution in [3.8, 4) is 11.5 Å². The second-order valence-electron chi connectivity index (χ2n) is 3.68. The lowest BCUT2D eigenvalue weighted by Crippen LogP contribution is -2.11. The Balaban J connectivity index is 2.52. The zero-order chi connectivity index (χ0) is 13.9. The van der Waals surface area contributed by atoms with Crippen LogP contribution in [0.2, 0.25) is 0 Å². The molecule has 5 heteroatoms.